The van der Waals surface area contributed by atoms with Gasteiger partial charge < -0.3 is 0 Å². The van der Waals surface area contributed by atoms with Crippen LogP contribution >= 0.6 is 0 Å². The molecule has 0 amide bonds. The van der Waals surface area contributed by atoms with Crippen molar-refractivity contribution < 1.29 is 9.59 Å². The summed E-state index contributed by atoms with van der Waals surface area (Å²) in [5.74, 6) is -0.997. The van der Waals surface area contributed by atoms with Gasteiger partial charge in [0.05, 0.1) is 5.56 Å². The molecule has 84 valence electrons. The molecule has 0 heterocycles. The van der Waals surface area contributed by atoms with E-state index in [1.165, 1.54) is 12.1 Å². The number of benzene rings is 1. The van der Waals surface area contributed by atoms with E-state index >= 15 is 0 Å². The minimum absolute atomic E-state index is 0.0182. The third-order valence-corrected chi connectivity index (χ3v) is 2.09. The predicted molar refractivity (Wildman–Crippen MR) is 60.7 cm³/mol. The van der Waals surface area contributed by atoms with Crippen molar-refractivity contribution in [2.24, 2.45) is 11.1 Å². The third-order valence-electron chi connectivity index (χ3n) is 2.09. The van der Waals surface area contributed by atoms with Crippen molar-refractivity contribution in [2.45, 2.75) is 20.3 Å². The fraction of sp³-hybridized carbons (Fsp3) is 0.333. The molecule has 0 saturated carbocycles. The van der Waals surface area contributed by atoms with E-state index in [0.29, 0.717) is 0 Å². The molecular weight excluding hydrogens is 206 g/mol. The fourth-order valence-electron chi connectivity index (χ4n) is 1.36. The predicted octanol–water partition coefficient (Wildman–Crippen LogP) is 2.88. The number of hydrogen-bond acceptors (Lipinski definition) is 4. The lowest BCUT2D eigenvalue weighted by Crippen LogP contribution is -2.16. The number of carbonyl (C=O) groups is 2. The first kappa shape index (κ1) is 12.2. The zero-order valence-corrected chi connectivity index (χ0v) is 9.27. The van der Waals surface area contributed by atoms with Crippen LogP contribution in [0, 0.1) is 10.8 Å². The van der Waals surface area contributed by atoms with Crippen LogP contribution in [-0.4, -0.2) is 11.6 Å². The van der Waals surface area contributed by atoms with Crippen molar-refractivity contribution in [1.29, 1.82) is 0 Å². The van der Waals surface area contributed by atoms with Crippen molar-refractivity contribution >= 4 is 17.3 Å². The lowest BCUT2D eigenvalue weighted by atomic mass is 9.99. The molecule has 1 rings (SSSR count). The van der Waals surface area contributed by atoms with E-state index in [1.807, 2.05) is 13.8 Å². The Labute approximate surface area is 93.6 Å². The molecule has 1 aromatic rings. The number of ketones is 2. The van der Waals surface area contributed by atoms with E-state index in [9.17, 15) is 14.5 Å². The lowest BCUT2D eigenvalue weighted by molar-refractivity contribution is -0.115. The molecule has 16 heavy (non-hydrogen) atoms. The summed E-state index contributed by atoms with van der Waals surface area (Å²) in [6, 6.07) is 6.06. The van der Waals surface area contributed by atoms with E-state index in [0.717, 1.165) is 0 Å². The highest BCUT2D eigenvalue weighted by atomic mass is 16.3. The number of nitrogens with zero attached hydrogens (tertiary/aromatic N) is 1. The van der Waals surface area contributed by atoms with Gasteiger partial charge >= 0.3 is 0 Å². The molecule has 0 aliphatic heterocycles. The Kier molecular flexibility index (Phi) is 4.05. The van der Waals surface area contributed by atoms with Crippen molar-refractivity contribution in [1.82, 2.24) is 0 Å². The fourth-order valence-corrected chi connectivity index (χ4v) is 1.36. The Hall–Kier alpha value is -1.84. The van der Waals surface area contributed by atoms with E-state index < -0.39 is 11.6 Å². The first-order chi connectivity index (χ1) is 7.56. The molecular formula is C12H13NO3. The molecule has 0 N–H and O–H groups in total. The zero-order chi connectivity index (χ0) is 12.1. The molecule has 0 aromatic heterocycles. The highest BCUT2D eigenvalue weighted by Gasteiger charge is 2.20. The van der Waals surface area contributed by atoms with Crippen LogP contribution in [0.25, 0.3) is 0 Å². The number of nitroso groups, excluding NO2 is 1. The summed E-state index contributed by atoms with van der Waals surface area (Å²) in [6.45, 7) is 3.71. The minimum atomic E-state index is -0.635. The van der Waals surface area contributed by atoms with Crippen molar-refractivity contribution in [3.63, 3.8) is 0 Å². The maximum Gasteiger partial charge on any atom is 0.230 e. The zero-order valence-electron chi connectivity index (χ0n) is 9.27. The molecule has 0 atom stereocenters. The molecule has 4 nitrogen and oxygen atoms in total. The number of rotatable bonds is 5. The summed E-state index contributed by atoms with van der Waals surface area (Å²) in [7, 11) is 0. The second kappa shape index (κ2) is 5.30. The van der Waals surface area contributed by atoms with Crippen LogP contribution in [0.15, 0.2) is 29.4 Å². The van der Waals surface area contributed by atoms with Crippen LogP contribution in [0.1, 0.15) is 30.6 Å². The normalized spacial score (nSPS) is 10.2. The van der Waals surface area contributed by atoms with Gasteiger partial charge in [0, 0.05) is 6.42 Å². The van der Waals surface area contributed by atoms with Gasteiger partial charge in [-0.2, -0.15) is 0 Å². The first-order valence-electron chi connectivity index (χ1n) is 5.06. The van der Waals surface area contributed by atoms with Crippen LogP contribution < -0.4 is 0 Å². The van der Waals surface area contributed by atoms with Crippen molar-refractivity contribution in [2.75, 3.05) is 0 Å². The first-order valence-corrected chi connectivity index (χ1v) is 5.06. The Morgan fingerprint density at radius 1 is 1.25 bits per heavy atom. The monoisotopic (exact) mass is 219 g/mol. The molecule has 1 aromatic carbocycles. The van der Waals surface area contributed by atoms with Gasteiger partial charge in [0.25, 0.3) is 0 Å². The highest BCUT2D eigenvalue weighted by Crippen LogP contribution is 2.19. The van der Waals surface area contributed by atoms with Gasteiger partial charge in [-0.3, -0.25) is 9.59 Å². The lowest BCUT2D eigenvalue weighted by Gasteiger charge is -2.04. The van der Waals surface area contributed by atoms with Crippen LogP contribution in [0.3, 0.4) is 0 Å². The average Bonchev–Trinajstić information content (AvgIpc) is 2.27. The average molecular weight is 219 g/mol. The largest absolute Gasteiger partial charge is 0.290 e. The maximum absolute atomic E-state index is 11.7. The van der Waals surface area contributed by atoms with Gasteiger partial charge in [-0.15, -0.1) is 4.91 Å². The van der Waals surface area contributed by atoms with Crippen LogP contribution in [-0.2, 0) is 4.79 Å². The van der Waals surface area contributed by atoms with Crippen LogP contribution in [0.2, 0.25) is 0 Å². The summed E-state index contributed by atoms with van der Waals surface area (Å²) >= 11 is 0. The van der Waals surface area contributed by atoms with Crippen LogP contribution in [0.5, 0.6) is 0 Å². The van der Waals surface area contributed by atoms with E-state index in [4.69, 9.17) is 0 Å². The molecule has 0 spiro atoms. The van der Waals surface area contributed by atoms with Crippen molar-refractivity contribution in [3.8, 4) is 0 Å². The number of carbonyl (C=O) groups excluding carboxylic acids is 2. The molecule has 0 saturated heterocycles. The number of hydrogen-bond donors (Lipinski definition) is 0. The molecule has 0 bridgehead atoms. The molecule has 4 heteroatoms. The summed E-state index contributed by atoms with van der Waals surface area (Å²) < 4.78 is 0. The van der Waals surface area contributed by atoms with E-state index in [-0.39, 0.29) is 23.6 Å². The Bertz CT molecular complexity index is 424. The van der Waals surface area contributed by atoms with Gasteiger partial charge in [0.1, 0.15) is 5.69 Å². The van der Waals surface area contributed by atoms with Crippen LogP contribution in [0.4, 0.5) is 5.69 Å². The molecule has 0 aliphatic carbocycles. The summed E-state index contributed by atoms with van der Waals surface area (Å²) in [4.78, 5) is 33.7. The third kappa shape index (κ3) is 2.82. The minimum Gasteiger partial charge on any atom is -0.290 e. The standard InChI is InChI=1S/C12H13NO3/c1-8(2)7-11(14)12(15)9-5-3-4-6-10(9)13-16/h3-6,8H,7H2,1-2H3. The topological polar surface area (TPSA) is 63.6 Å². The number of Topliss-reactive ketones (excluding diaryl/α,β-unsaturated/α-hetero) is 2. The molecule has 0 fully saturated rings. The quantitative estimate of drug-likeness (QED) is 0.434. The second-order valence-corrected chi connectivity index (χ2v) is 3.96. The Morgan fingerprint density at radius 3 is 2.44 bits per heavy atom. The van der Waals surface area contributed by atoms with E-state index in [2.05, 4.69) is 5.18 Å². The molecule has 0 unspecified atom stereocenters. The SMILES string of the molecule is CC(C)CC(=O)C(=O)c1ccccc1N=O. The van der Waals surface area contributed by atoms with Gasteiger partial charge in [-0.1, -0.05) is 26.0 Å². The summed E-state index contributed by atoms with van der Waals surface area (Å²) in [5.41, 5.74) is 0.104. The second-order valence-electron chi connectivity index (χ2n) is 3.96. The highest BCUT2D eigenvalue weighted by molar-refractivity contribution is 6.44. The van der Waals surface area contributed by atoms with Crippen molar-refractivity contribution in [3.05, 3.63) is 34.7 Å². The molecule has 0 aliphatic rings. The maximum atomic E-state index is 11.7. The Morgan fingerprint density at radius 2 is 1.88 bits per heavy atom. The van der Waals surface area contributed by atoms with Gasteiger partial charge in [0.15, 0.2) is 0 Å². The summed E-state index contributed by atoms with van der Waals surface area (Å²) in [6.07, 6.45) is 0.187. The van der Waals surface area contributed by atoms with Gasteiger partial charge in [0.2, 0.25) is 11.6 Å². The molecule has 0 radical (unpaired) electrons. The van der Waals surface area contributed by atoms with Gasteiger partial charge in [-0.05, 0) is 23.2 Å². The van der Waals surface area contributed by atoms with Gasteiger partial charge in [-0.25, -0.2) is 0 Å². The Balaban J connectivity index is 2.96. The van der Waals surface area contributed by atoms with E-state index in [1.54, 1.807) is 12.1 Å². The summed E-state index contributed by atoms with van der Waals surface area (Å²) in [5, 5.41) is 2.73. The smallest absolute Gasteiger partial charge is 0.230 e.